The zero-order valence-corrected chi connectivity index (χ0v) is 6.89. The lowest BCUT2D eigenvalue weighted by molar-refractivity contribution is 0.917. The molecule has 0 unspecified atom stereocenters. The summed E-state index contributed by atoms with van der Waals surface area (Å²) in [4.78, 5) is 9.03. The molecule has 4 nitrogen and oxygen atoms in total. The molecule has 1 aliphatic heterocycles. The minimum atomic E-state index is 0.791. The second-order valence-corrected chi connectivity index (χ2v) is 2.71. The van der Waals surface area contributed by atoms with E-state index in [1.807, 2.05) is 11.9 Å². The molecule has 12 heavy (non-hydrogen) atoms. The lowest BCUT2D eigenvalue weighted by Gasteiger charge is -2.27. The Morgan fingerprint density at radius 3 is 3.00 bits per heavy atom. The molecule has 0 atom stereocenters. The van der Waals surface area contributed by atoms with Gasteiger partial charge in [-0.2, -0.15) is 0 Å². The van der Waals surface area contributed by atoms with Crippen molar-refractivity contribution in [2.24, 2.45) is 0 Å². The lowest BCUT2D eigenvalue weighted by atomic mass is 10.3. The predicted molar refractivity (Wildman–Crippen MR) is 48.3 cm³/mol. The number of imidazole rings is 1. The van der Waals surface area contributed by atoms with Gasteiger partial charge in [-0.25, -0.2) is 4.98 Å². The van der Waals surface area contributed by atoms with Crippen LogP contribution in [0, 0.1) is 0 Å². The van der Waals surface area contributed by atoms with Crippen LogP contribution in [0.3, 0.4) is 0 Å². The molecule has 0 amide bonds. The highest BCUT2D eigenvalue weighted by molar-refractivity contribution is 5.75. The minimum Gasteiger partial charge on any atom is -0.342 e. The van der Waals surface area contributed by atoms with Crippen LogP contribution in [0.4, 0.5) is 5.82 Å². The Morgan fingerprint density at radius 1 is 1.50 bits per heavy atom. The van der Waals surface area contributed by atoms with Crippen LogP contribution in [-0.2, 0) is 0 Å². The summed E-state index contributed by atoms with van der Waals surface area (Å²) in [6.07, 6.45) is 1.65. The fraction of sp³-hybridized carbons (Fsp3) is 0.125. The normalized spacial score (nSPS) is 15.9. The van der Waals surface area contributed by atoms with Crippen LogP contribution in [0.15, 0.2) is 25.3 Å². The monoisotopic (exact) mass is 162 g/mol. The smallest absolute Gasteiger partial charge is 0.161 e. The van der Waals surface area contributed by atoms with E-state index >= 15 is 0 Å². The minimum absolute atomic E-state index is 0.791. The second-order valence-electron chi connectivity index (χ2n) is 2.71. The summed E-state index contributed by atoms with van der Waals surface area (Å²) >= 11 is 0. The molecule has 2 N–H and O–H groups in total. The van der Waals surface area contributed by atoms with E-state index in [-0.39, 0.29) is 0 Å². The van der Waals surface area contributed by atoms with Crippen molar-refractivity contribution in [1.82, 2.24) is 15.3 Å². The first kappa shape index (κ1) is 6.97. The molecule has 4 heteroatoms. The summed E-state index contributed by atoms with van der Waals surface area (Å²) in [5, 5.41) is 3.04. The number of hydrogen-bond donors (Lipinski definition) is 2. The zero-order chi connectivity index (χ0) is 8.72. The molecule has 1 aromatic rings. The van der Waals surface area contributed by atoms with Gasteiger partial charge in [-0.15, -0.1) is 0 Å². The lowest BCUT2D eigenvalue weighted by Crippen LogP contribution is -2.31. The van der Waals surface area contributed by atoms with Crippen molar-refractivity contribution in [3.63, 3.8) is 0 Å². The Balaban J connectivity index is 2.57. The van der Waals surface area contributed by atoms with Crippen LogP contribution in [0.5, 0.6) is 0 Å². The summed E-state index contributed by atoms with van der Waals surface area (Å²) in [5.41, 5.74) is 1.73. The van der Waals surface area contributed by atoms with Crippen molar-refractivity contribution in [3.8, 4) is 0 Å². The number of anilines is 1. The Bertz CT molecular complexity index is 350. The molecule has 0 bridgehead atoms. The van der Waals surface area contributed by atoms with Gasteiger partial charge in [0.25, 0.3) is 0 Å². The van der Waals surface area contributed by atoms with E-state index in [9.17, 15) is 0 Å². The van der Waals surface area contributed by atoms with Crippen molar-refractivity contribution in [2.45, 2.75) is 0 Å². The predicted octanol–water partition coefficient (Wildman–Crippen LogP) is 0.891. The number of aromatic amines is 1. The molecule has 0 fully saturated rings. The maximum atomic E-state index is 4.15. The molecule has 0 saturated heterocycles. The number of rotatable bonds is 0. The van der Waals surface area contributed by atoms with Gasteiger partial charge in [-0.05, 0) is 0 Å². The summed E-state index contributed by atoms with van der Waals surface area (Å²) in [7, 11) is 1.90. The van der Waals surface area contributed by atoms with Crippen LogP contribution in [0.25, 0.3) is 5.70 Å². The van der Waals surface area contributed by atoms with Crippen LogP contribution < -0.4 is 10.2 Å². The van der Waals surface area contributed by atoms with E-state index in [2.05, 4.69) is 28.4 Å². The van der Waals surface area contributed by atoms with Gasteiger partial charge in [0.15, 0.2) is 5.82 Å². The molecule has 2 heterocycles. The van der Waals surface area contributed by atoms with E-state index in [0.29, 0.717) is 0 Å². The highest BCUT2D eigenvalue weighted by Crippen LogP contribution is 2.26. The van der Waals surface area contributed by atoms with Crippen LogP contribution in [0.2, 0.25) is 0 Å². The molecule has 62 valence electrons. The number of nitrogens with zero attached hydrogens (tertiary/aromatic N) is 2. The average Bonchev–Trinajstić information content (AvgIpc) is 2.48. The quantitative estimate of drug-likeness (QED) is 0.595. The van der Waals surface area contributed by atoms with Crippen LogP contribution in [-0.4, -0.2) is 17.0 Å². The number of aromatic nitrogens is 2. The maximum Gasteiger partial charge on any atom is 0.161 e. The third-order valence-electron chi connectivity index (χ3n) is 1.94. The Hall–Kier alpha value is -1.71. The SMILES string of the molecule is C=C1NC(=C)N(C)c2nc[nH]c21. The van der Waals surface area contributed by atoms with Crippen LogP contribution >= 0.6 is 0 Å². The topological polar surface area (TPSA) is 44.0 Å². The van der Waals surface area contributed by atoms with Gasteiger partial charge < -0.3 is 15.2 Å². The Kier molecular flexibility index (Phi) is 1.24. The van der Waals surface area contributed by atoms with Crippen molar-refractivity contribution in [3.05, 3.63) is 31.0 Å². The molecular formula is C8H10N4. The second kappa shape index (κ2) is 2.14. The summed E-state index contributed by atoms with van der Waals surface area (Å²) < 4.78 is 0. The number of H-pyrrole nitrogens is 1. The van der Waals surface area contributed by atoms with E-state index in [0.717, 1.165) is 23.0 Å². The first-order valence-corrected chi connectivity index (χ1v) is 3.62. The molecule has 1 aromatic heterocycles. The fourth-order valence-corrected chi connectivity index (χ4v) is 1.21. The number of nitrogens with one attached hydrogen (secondary N) is 2. The number of fused-ring (bicyclic) bond motifs is 1. The van der Waals surface area contributed by atoms with Gasteiger partial charge in [0, 0.05) is 7.05 Å². The third-order valence-corrected chi connectivity index (χ3v) is 1.94. The molecule has 0 saturated carbocycles. The largest absolute Gasteiger partial charge is 0.342 e. The Morgan fingerprint density at radius 2 is 2.25 bits per heavy atom. The molecule has 1 aliphatic rings. The van der Waals surface area contributed by atoms with E-state index in [4.69, 9.17) is 0 Å². The molecular weight excluding hydrogens is 152 g/mol. The summed E-state index contributed by atoms with van der Waals surface area (Å²) in [6, 6.07) is 0. The van der Waals surface area contributed by atoms with Gasteiger partial charge in [0.1, 0.15) is 11.5 Å². The van der Waals surface area contributed by atoms with Crippen molar-refractivity contribution < 1.29 is 0 Å². The zero-order valence-electron chi connectivity index (χ0n) is 6.89. The van der Waals surface area contributed by atoms with Crippen molar-refractivity contribution >= 4 is 11.5 Å². The van der Waals surface area contributed by atoms with Gasteiger partial charge in [0.05, 0.1) is 12.0 Å². The first-order valence-electron chi connectivity index (χ1n) is 3.62. The molecule has 0 aromatic carbocycles. The van der Waals surface area contributed by atoms with Gasteiger partial charge in [-0.3, -0.25) is 0 Å². The molecule has 0 spiro atoms. The van der Waals surface area contributed by atoms with E-state index in [1.54, 1.807) is 6.33 Å². The van der Waals surface area contributed by atoms with Gasteiger partial charge >= 0.3 is 0 Å². The maximum absolute atomic E-state index is 4.15. The fourth-order valence-electron chi connectivity index (χ4n) is 1.21. The number of hydrogen-bond acceptors (Lipinski definition) is 3. The molecule has 2 rings (SSSR count). The van der Waals surface area contributed by atoms with Crippen molar-refractivity contribution in [2.75, 3.05) is 11.9 Å². The van der Waals surface area contributed by atoms with Gasteiger partial charge in [0.2, 0.25) is 0 Å². The molecule has 0 radical (unpaired) electrons. The summed E-state index contributed by atoms with van der Waals surface area (Å²) in [6.45, 7) is 7.67. The highest BCUT2D eigenvalue weighted by atomic mass is 15.3. The van der Waals surface area contributed by atoms with Crippen molar-refractivity contribution in [1.29, 1.82) is 0 Å². The highest BCUT2D eigenvalue weighted by Gasteiger charge is 2.20. The standard InChI is InChI=1S/C8H10N4/c1-5-7-8(10-4-9-7)12(3)6(2)11-5/h4,11H,1-2H2,3H3,(H,9,10). The van der Waals surface area contributed by atoms with Crippen LogP contribution in [0.1, 0.15) is 5.69 Å². The van der Waals surface area contributed by atoms with E-state index in [1.165, 1.54) is 0 Å². The third kappa shape index (κ3) is 0.747. The first-order chi connectivity index (χ1) is 5.70. The Labute approximate surface area is 70.6 Å². The molecule has 0 aliphatic carbocycles. The van der Waals surface area contributed by atoms with Gasteiger partial charge in [-0.1, -0.05) is 13.2 Å². The average molecular weight is 162 g/mol. The summed E-state index contributed by atoms with van der Waals surface area (Å²) in [5.74, 6) is 1.66. The van der Waals surface area contributed by atoms with E-state index < -0.39 is 0 Å².